The summed E-state index contributed by atoms with van der Waals surface area (Å²) in [6.07, 6.45) is -0.750. The molecule has 0 aliphatic carbocycles. The molecule has 1 atom stereocenters. The monoisotopic (exact) mass is 264 g/mol. The van der Waals surface area contributed by atoms with Gasteiger partial charge in [0.15, 0.2) is 6.10 Å². The number of hydrogen-bond donors (Lipinski definition) is 1. The molecule has 1 aromatic carbocycles. The molecule has 1 saturated heterocycles. The van der Waals surface area contributed by atoms with Crippen molar-refractivity contribution in [3.63, 3.8) is 0 Å². The van der Waals surface area contributed by atoms with Crippen molar-refractivity contribution in [2.24, 2.45) is 0 Å². The van der Waals surface area contributed by atoms with Crippen LogP contribution in [0, 0.1) is 0 Å². The normalized spacial score (nSPS) is 20.2. The molecule has 0 saturated carbocycles. The minimum Gasteiger partial charge on any atom is -0.479 e. The van der Waals surface area contributed by atoms with Gasteiger partial charge in [-0.25, -0.2) is 4.79 Å². The van der Waals surface area contributed by atoms with Crippen LogP contribution in [0.15, 0.2) is 24.3 Å². The first-order valence-electron chi connectivity index (χ1n) is 5.69. The topological polar surface area (TPSA) is 62.7 Å². The van der Waals surface area contributed by atoms with Crippen LogP contribution in [-0.4, -0.2) is 41.2 Å². The van der Waals surface area contributed by atoms with Gasteiger partial charge >= 0.3 is 5.97 Å². The highest BCUT2D eigenvalue weighted by atomic mass is 32.1. The van der Waals surface area contributed by atoms with E-state index in [-0.39, 0.29) is 0 Å². The van der Waals surface area contributed by atoms with Crippen molar-refractivity contribution in [2.75, 3.05) is 24.6 Å². The summed E-state index contributed by atoms with van der Waals surface area (Å²) in [5.41, 5.74) is 0.955. The Balaban J connectivity index is 1.92. The molecule has 6 heteroatoms. The fourth-order valence-electron chi connectivity index (χ4n) is 2.09. The predicted octanol–water partition coefficient (Wildman–Crippen LogP) is 1.59. The lowest BCUT2D eigenvalue weighted by atomic mass is 10.2. The molecule has 1 fully saturated rings. The van der Waals surface area contributed by atoms with E-state index in [1.807, 2.05) is 29.2 Å². The Bertz CT molecular complexity index is 583. The van der Waals surface area contributed by atoms with E-state index in [0.29, 0.717) is 19.7 Å². The van der Waals surface area contributed by atoms with Crippen LogP contribution < -0.4 is 4.90 Å². The van der Waals surface area contributed by atoms with E-state index in [2.05, 4.69) is 4.37 Å². The van der Waals surface area contributed by atoms with Crippen LogP contribution in [0.2, 0.25) is 0 Å². The number of carbonyl (C=O) groups is 1. The second kappa shape index (κ2) is 4.55. The van der Waals surface area contributed by atoms with Crippen LogP contribution in [0.5, 0.6) is 0 Å². The van der Waals surface area contributed by atoms with Crippen molar-refractivity contribution in [1.29, 1.82) is 0 Å². The van der Waals surface area contributed by atoms with Gasteiger partial charge in [-0.1, -0.05) is 12.1 Å². The van der Waals surface area contributed by atoms with Gasteiger partial charge in [0.2, 0.25) is 0 Å². The van der Waals surface area contributed by atoms with E-state index in [1.54, 1.807) is 0 Å². The highest BCUT2D eigenvalue weighted by Crippen LogP contribution is 2.32. The van der Waals surface area contributed by atoms with Crippen molar-refractivity contribution < 1.29 is 14.6 Å². The zero-order valence-electron chi connectivity index (χ0n) is 9.57. The second-order valence-corrected chi connectivity index (χ2v) is 4.90. The zero-order valence-corrected chi connectivity index (χ0v) is 10.4. The van der Waals surface area contributed by atoms with E-state index >= 15 is 0 Å². The average molecular weight is 264 g/mol. The number of ether oxygens (including phenoxy) is 1. The molecule has 0 spiro atoms. The molecular weight excluding hydrogens is 252 g/mol. The van der Waals surface area contributed by atoms with E-state index in [4.69, 9.17) is 9.84 Å². The van der Waals surface area contributed by atoms with E-state index in [1.165, 1.54) is 11.5 Å². The van der Waals surface area contributed by atoms with Gasteiger partial charge in [-0.3, -0.25) is 0 Å². The lowest BCUT2D eigenvalue weighted by Gasteiger charge is -2.31. The summed E-state index contributed by atoms with van der Waals surface area (Å²) in [7, 11) is 0. The number of nitrogens with zero attached hydrogens (tertiary/aromatic N) is 2. The summed E-state index contributed by atoms with van der Waals surface area (Å²) in [5.74, 6) is -0.909. The van der Waals surface area contributed by atoms with Crippen molar-refractivity contribution >= 4 is 33.4 Å². The third kappa shape index (κ3) is 1.93. The van der Waals surface area contributed by atoms with Gasteiger partial charge in [0.1, 0.15) is 5.00 Å². The smallest absolute Gasteiger partial charge is 0.334 e. The highest BCUT2D eigenvalue weighted by molar-refractivity contribution is 7.11. The summed E-state index contributed by atoms with van der Waals surface area (Å²) >= 11 is 1.41. The van der Waals surface area contributed by atoms with Gasteiger partial charge < -0.3 is 14.7 Å². The number of carboxylic acids is 1. The summed E-state index contributed by atoms with van der Waals surface area (Å²) < 4.78 is 9.60. The van der Waals surface area contributed by atoms with Gasteiger partial charge in [0.25, 0.3) is 0 Å². The third-order valence-electron chi connectivity index (χ3n) is 2.99. The number of anilines is 1. The molecule has 18 heavy (non-hydrogen) atoms. The Morgan fingerprint density at radius 3 is 3.17 bits per heavy atom. The highest BCUT2D eigenvalue weighted by Gasteiger charge is 2.27. The van der Waals surface area contributed by atoms with Crippen LogP contribution in [-0.2, 0) is 9.53 Å². The van der Waals surface area contributed by atoms with E-state index in [9.17, 15) is 4.79 Å². The van der Waals surface area contributed by atoms with Crippen molar-refractivity contribution in [1.82, 2.24) is 4.37 Å². The number of morpholine rings is 1. The minimum atomic E-state index is -0.909. The fourth-order valence-corrected chi connectivity index (χ4v) is 2.98. The molecule has 1 N–H and O–H groups in total. The number of rotatable bonds is 2. The van der Waals surface area contributed by atoms with Crippen molar-refractivity contribution in [3.05, 3.63) is 24.3 Å². The molecule has 5 nitrogen and oxygen atoms in total. The molecule has 0 radical (unpaired) electrons. The molecule has 2 aromatic rings. The lowest BCUT2D eigenvalue weighted by molar-refractivity contribution is -0.150. The number of fused-ring (bicyclic) bond motifs is 1. The lowest BCUT2D eigenvalue weighted by Crippen LogP contribution is -2.45. The molecule has 0 amide bonds. The summed E-state index contributed by atoms with van der Waals surface area (Å²) in [5, 5.41) is 11.1. The molecule has 1 unspecified atom stereocenters. The molecule has 1 aliphatic heterocycles. The van der Waals surface area contributed by atoms with Gasteiger partial charge in [-0.05, 0) is 23.7 Å². The van der Waals surface area contributed by atoms with E-state index in [0.717, 1.165) is 15.9 Å². The maximum Gasteiger partial charge on any atom is 0.334 e. The quantitative estimate of drug-likeness (QED) is 0.892. The van der Waals surface area contributed by atoms with Crippen molar-refractivity contribution in [3.8, 4) is 0 Å². The molecule has 3 rings (SSSR count). The Morgan fingerprint density at radius 2 is 2.33 bits per heavy atom. The van der Waals surface area contributed by atoms with Crippen LogP contribution >= 0.6 is 11.5 Å². The Hall–Kier alpha value is -1.66. The average Bonchev–Trinajstić information content (AvgIpc) is 2.82. The minimum absolute atomic E-state index is 0.377. The Kier molecular flexibility index (Phi) is 2.89. The first-order chi connectivity index (χ1) is 8.75. The van der Waals surface area contributed by atoms with Gasteiger partial charge in [0, 0.05) is 11.9 Å². The molecule has 2 heterocycles. The summed E-state index contributed by atoms with van der Waals surface area (Å²) in [4.78, 5) is 13.0. The number of hydrogen-bond acceptors (Lipinski definition) is 5. The second-order valence-electron chi connectivity index (χ2n) is 4.15. The first kappa shape index (κ1) is 11.4. The number of aliphatic carboxylic acids is 1. The summed E-state index contributed by atoms with van der Waals surface area (Å²) in [6.45, 7) is 1.51. The molecule has 0 bridgehead atoms. The molecular formula is C12H12N2O3S. The van der Waals surface area contributed by atoms with E-state index < -0.39 is 12.1 Å². The Labute approximate surface area is 108 Å². The fraction of sp³-hybridized carbons (Fsp3) is 0.333. The SMILES string of the molecule is O=C(O)C1CN(c2snc3ccccc23)CCO1. The summed E-state index contributed by atoms with van der Waals surface area (Å²) in [6, 6.07) is 7.89. The maximum atomic E-state index is 11.0. The zero-order chi connectivity index (χ0) is 12.5. The van der Waals surface area contributed by atoms with Crippen molar-refractivity contribution in [2.45, 2.75) is 6.10 Å². The van der Waals surface area contributed by atoms with Crippen LogP contribution in [0.1, 0.15) is 0 Å². The maximum absolute atomic E-state index is 11.0. The molecule has 1 aliphatic rings. The number of benzene rings is 1. The molecule has 1 aromatic heterocycles. The standard InChI is InChI=1S/C12H12N2O3S/c15-12(16)10-7-14(5-6-17-10)11-8-3-1-2-4-9(8)13-18-11/h1-4,10H,5-7H2,(H,15,16). The Morgan fingerprint density at radius 1 is 1.50 bits per heavy atom. The number of carboxylic acid groups (broad SMARTS) is 1. The van der Waals surface area contributed by atoms with Crippen LogP contribution in [0.4, 0.5) is 5.00 Å². The van der Waals surface area contributed by atoms with Gasteiger partial charge in [-0.2, -0.15) is 4.37 Å². The molecule has 94 valence electrons. The van der Waals surface area contributed by atoms with Crippen LogP contribution in [0.25, 0.3) is 10.9 Å². The van der Waals surface area contributed by atoms with Gasteiger partial charge in [-0.15, -0.1) is 0 Å². The first-order valence-corrected chi connectivity index (χ1v) is 6.47. The van der Waals surface area contributed by atoms with Crippen LogP contribution in [0.3, 0.4) is 0 Å². The predicted molar refractivity (Wildman–Crippen MR) is 69.2 cm³/mol. The third-order valence-corrected chi connectivity index (χ3v) is 3.93. The largest absolute Gasteiger partial charge is 0.479 e. The van der Waals surface area contributed by atoms with Gasteiger partial charge in [0.05, 0.1) is 18.7 Å². The number of aromatic nitrogens is 1.